The molecule has 0 aromatic rings. The molecule has 1 aliphatic heterocycles. The van der Waals surface area contributed by atoms with Crippen LogP contribution >= 0.6 is 0 Å². The van der Waals surface area contributed by atoms with Crippen LogP contribution in [-0.4, -0.2) is 35.6 Å². The Labute approximate surface area is 104 Å². The van der Waals surface area contributed by atoms with Crippen LogP contribution in [0.25, 0.3) is 0 Å². The first-order chi connectivity index (χ1) is 7.80. The number of hydrogen-bond donors (Lipinski definition) is 1. The predicted octanol–water partition coefficient (Wildman–Crippen LogP) is 1.98. The Hall–Kier alpha value is -0.560. The summed E-state index contributed by atoms with van der Waals surface area (Å²) in [5.74, 6) is 6.04. The maximum atomic E-state index is 10.7. The molecule has 1 N–H and O–H groups in total. The molecule has 1 aliphatic rings. The van der Waals surface area contributed by atoms with Crippen molar-refractivity contribution in [1.29, 1.82) is 0 Å². The monoisotopic (exact) mass is 240 g/mol. The van der Waals surface area contributed by atoms with Gasteiger partial charge in [-0.1, -0.05) is 19.8 Å². The zero-order valence-electron chi connectivity index (χ0n) is 11.7. The lowest BCUT2D eigenvalue weighted by Gasteiger charge is -2.51. The molecule has 0 radical (unpaired) electrons. The number of aliphatic hydroxyl groups is 1. The van der Waals surface area contributed by atoms with Crippen molar-refractivity contribution in [2.24, 2.45) is 5.92 Å². The SMILES string of the molecule is CC#C[C@@]1(O)C(C)O[C@@H](C(C)C)CC1(C)OC. The Balaban J connectivity index is 3.11. The van der Waals surface area contributed by atoms with E-state index in [2.05, 4.69) is 25.7 Å². The minimum atomic E-state index is -1.25. The molecular weight excluding hydrogens is 216 g/mol. The van der Waals surface area contributed by atoms with Gasteiger partial charge < -0.3 is 14.6 Å². The number of rotatable bonds is 2. The molecule has 1 heterocycles. The van der Waals surface area contributed by atoms with Crippen molar-refractivity contribution in [2.75, 3.05) is 7.11 Å². The third-order valence-corrected chi connectivity index (χ3v) is 3.87. The average molecular weight is 240 g/mol. The third kappa shape index (κ3) is 2.35. The van der Waals surface area contributed by atoms with E-state index < -0.39 is 11.2 Å². The van der Waals surface area contributed by atoms with E-state index in [4.69, 9.17) is 9.47 Å². The minimum Gasteiger partial charge on any atom is -0.374 e. The Morgan fingerprint density at radius 3 is 2.47 bits per heavy atom. The summed E-state index contributed by atoms with van der Waals surface area (Å²) in [5.41, 5.74) is -1.94. The summed E-state index contributed by atoms with van der Waals surface area (Å²) in [6, 6.07) is 0. The van der Waals surface area contributed by atoms with E-state index in [-0.39, 0.29) is 12.2 Å². The summed E-state index contributed by atoms with van der Waals surface area (Å²) < 4.78 is 11.4. The van der Waals surface area contributed by atoms with Crippen LogP contribution in [0.3, 0.4) is 0 Å². The molecule has 3 heteroatoms. The summed E-state index contributed by atoms with van der Waals surface area (Å²) in [6.45, 7) is 9.71. The van der Waals surface area contributed by atoms with Crippen LogP contribution in [0.2, 0.25) is 0 Å². The van der Waals surface area contributed by atoms with Crippen molar-refractivity contribution in [3.8, 4) is 11.8 Å². The van der Waals surface area contributed by atoms with E-state index in [0.717, 1.165) is 0 Å². The largest absolute Gasteiger partial charge is 0.374 e. The lowest BCUT2D eigenvalue weighted by molar-refractivity contribution is -0.253. The van der Waals surface area contributed by atoms with Gasteiger partial charge in [-0.3, -0.25) is 0 Å². The third-order valence-electron chi connectivity index (χ3n) is 3.87. The van der Waals surface area contributed by atoms with Gasteiger partial charge in [-0.2, -0.15) is 0 Å². The molecule has 0 spiro atoms. The second-order valence-corrected chi connectivity index (χ2v) is 5.34. The fourth-order valence-corrected chi connectivity index (χ4v) is 2.43. The van der Waals surface area contributed by atoms with Gasteiger partial charge in [0.15, 0.2) is 5.60 Å². The quantitative estimate of drug-likeness (QED) is 0.750. The molecule has 4 atom stereocenters. The molecule has 1 saturated heterocycles. The summed E-state index contributed by atoms with van der Waals surface area (Å²) >= 11 is 0. The first-order valence-corrected chi connectivity index (χ1v) is 6.17. The maximum absolute atomic E-state index is 10.7. The van der Waals surface area contributed by atoms with E-state index in [1.54, 1.807) is 14.0 Å². The molecule has 1 fully saturated rings. The summed E-state index contributed by atoms with van der Waals surface area (Å²) in [5, 5.41) is 10.7. The highest BCUT2D eigenvalue weighted by Gasteiger charge is 2.56. The van der Waals surface area contributed by atoms with Crippen molar-refractivity contribution < 1.29 is 14.6 Å². The van der Waals surface area contributed by atoms with Gasteiger partial charge in [-0.15, -0.1) is 5.92 Å². The molecule has 0 bridgehead atoms. The normalized spacial score (nSPS) is 42.1. The highest BCUT2D eigenvalue weighted by Crippen LogP contribution is 2.41. The molecule has 17 heavy (non-hydrogen) atoms. The Morgan fingerprint density at radius 1 is 1.47 bits per heavy atom. The zero-order chi connectivity index (χ0) is 13.3. The fourth-order valence-electron chi connectivity index (χ4n) is 2.43. The van der Waals surface area contributed by atoms with Gasteiger partial charge in [0, 0.05) is 13.5 Å². The van der Waals surface area contributed by atoms with Crippen LogP contribution in [-0.2, 0) is 9.47 Å². The van der Waals surface area contributed by atoms with Crippen LogP contribution in [0, 0.1) is 17.8 Å². The molecule has 0 aromatic carbocycles. The molecule has 2 unspecified atom stereocenters. The number of ether oxygens (including phenoxy) is 2. The first kappa shape index (κ1) is 14.5. The van der Waals surface area contributed by atoms with Crippen molar-refractivity contribution >= 4 is 0 Å². The molecular formula is C14H24O3. The topological polar surface area (TPSA) is 38.7 Å². The molecule has 0 amide bonds. The molecule has 3 nitrogen and oxygen atoms in total. The van der Waals surface area contributed by atoms with Gasteiger partial charge in [0.1, 0.15) is 5.60 Å². The minimum absolute atomic E-state index is 0.0916. The van der Waals surface area contributed by atoms with E-state index in [9.17, 15) is 5.11 Å². The van der Waals surface area contributed by atoms with Crippen molar-refractivity contribution in [1.82, 2.24) is 0 Å². The smallest absolute Gasteiger partial charge is 0.180 e. The van der Waals surface area contributed by atoms with Crippen LogP contribution in [0.4, 0.5) is 0 Å². The van der Waals surface area contributed by atoms with Crippen LogP contribution in [0.15, 0.2) is 0 Å². The van der Waals surface area contributed by atoms with Crippen molar-refractivity contribution in [3.63, 3.8) is 0 Å². The standard InChI is InChI=1S/C14H24O3/c1-7-8-14(15)11(4)17-12(10(2)3)9-13(14,5)16-6/h10-12,15H,9H2,1-6H3/t11?,12-,13?,14-/m1/s1. The second-order valence-electron chi connectivity index (χ2n) is 5.34. The summed E-state index contributed by atoms with van der Waals surface area (Å²) in [4.78, 5) is 0. The average Bonchev–Trinajstić information content (AvgIpc) is 2.26. The Bertz CT molecular complexity index is 328. The zero-order valence-corrected chi connectivity index (χ0v) is 11.7. The van der Waals surface area contributed by atoms with E-state index in [1.165, 1.54) is 0 Å². The highest BCUT2D eigenvalue weighted by atomic mass is 16.5. The van der Waals surface area contributed by atoms with Crippen molar-refractivity contribution in [2.45, 2.75) is 64.4 Å². The lowest BCUT2D eigenvalue weighted by atomic mass is 9.73. The summed E-state index contributed by atoms with van der Waals surface area (Å²) in [6.07, 6.45) is 0.381. The van der Waals surface area contributed by atoms with Gasteiger partial charge >= 0.3 is 0 Å². The van der Waals surface area contributed by atoms with Crippen LogP contribution in [0.1, 0.15) is 41.0 Å². The molecule has 98 valence electrons. The number of methoxy groups -OCH3 is 1. The van der Waals surface area contributed by atoms with Crippen LogP contribution < -0.4 is 0 Å². The fraction of sp³-hybridized carbons (Fsp3) is 0.857. The Kier molecular flexibility index (Phi) is 4.24. The molecule has 1 rings (SSSR count). The van der Waals surface area contributed by atoms with Crippen LogP contribution in [0.5, 0.6) is 0 Å². The highest BCUT2D eigenvalue weighted by molar-refractivity contribution is 5.25. The summed E-state index contributed by atoms with van der Waals surface area (Å²) in [7, 11) is 1.62. The van der Waals surface area contributed by atoms with Gasteiger partial charge in [-0.25, -0.2) is 0 Å². The van der Waals surface area contributed by atoms with Gasteiger partial charge in [0.05, 0.1) is 12.2 Å². The maximum Gasteiger partial charge on any atom is 0.180 e. The van der Waals surface area contributed by atoms with E-state index in [1.807, 2.05) is 13.8 Å². The lowest BCUT2D eigenvalue weighted by Crippen LogP contribution is -2.65. The van der Waals surface area contributed by atoms with Gasteiger partial charge in [0.2, 0.25) is 0 Å². The van der Waals surface area contributed by atoms with Gasteiger partial charge in [0.25, 0.3) is 0 Å². The second kappa shape index (κ2) is 4.97. The molecule has 0 saturated carbocycles. The van der Waals surface area contributed by atoms with E-state index in [0.29, 0.717) is 12.3 Å². The van der Waals surface area contributed by atoms with E-state index >= 15 is 0 Å². The van der Waals surface area contributed by atoms with Gasteiger partial charge in [-0.05, 0) is 26.7 Å². The predicted molar refractivity (Wildman–Crippen MR) is 67.6 cm³/mol. The number of hydrogen-bond acceptors (Lipinski definition) is 3. The Morgan fingerprint density at radius 2 is 2.06 bits per heavy atom. The van der Waals surface area contributed by atoms with Crippen molar-refractivity contribution in [3.05, 3.63) is 0 Å². The molecule has 0 aromatic heterocycles. The molecule has 0 aliphatic carbocycles. The first-order valence-electron chi connectivity index (χ1n) is 6.17.